The van der Waals surface area contributed by atoms with Gasteiger partial charge in [0, 0.05) is 23.7 Å². The van der Waals surface area contributed by atoms with E-state index in [9.17, 15) is 24.6 Å². The molecule has 0 unspecified atom stereocenters. The van der Waals surface area contributed by atoms with Crippen LogP contribution in [0.1, 0.15) is 51.9 Å². The number of phenolic OH excluding ortho intramolecular Hbond substituents is 1. The number of nitrogens with one attached hydrogen (secondary N) is 2. The summed E-state index contributed by atoms with van der Waals surface area (Å²) in [6.07, 6.45) is 1.00. The zero-order valence-electron chi connectivity index (χ0n) is 23.4. The maximum Gasteiger partial charge on any atom is 0.254 e. The van der Waals surface area contributed by atoms with Crippen molar-refractivity contribution in [2.75, 3.05) is 0 Å². The molecule has 41 heavy (non-hydrogen) atoms. The van der Waals surface area contributed by atoms with Crippen molar-refractivity contribution in [2.24, 2.45) is 5.92 Å². The highest BCUT2D eigenvalue weighted by Gasteiger charge is 2.52. The number of aromatic hydroxyl groups is 1. The molecule has 4 N–H and O–H groups in total. The molecule has 0 aromatic heterocycles. The number of aliphatic hydroxyl groups excluding tert-OH is 1. The van der Waals surface area contributed by atoms with Gasteiger partial charge in [0.1, 0.15) is 11.8 Å². The molecule has 5 atom stereocenters. The number of carbonyl (C=O) groups excluding carboxylic acids is 3. The van der Waals surface area contributed by atoms with Crippen LogP contribution in [-0.4, -0.2) is 57.1 Å². The molecule has 2 fully saturated rings. The fourth-order valence-corrected chi connectivity index (χ4v) is 6.29. The summed E-state index contributed by atoms with van der Waals surface area (Å²) >= 11 is 0. The van der Waals surface area contributed by atoms with Crippen LogP contribution in [0, 0.1) is 19.8 Å². The van der Waals surface area contributed by atoms with Crippen LogP contribution in [-0.2, 0) is 22.6 Å². The van der Waals surface area contributed by atoms with Gasteiger partial charge in [-0.05, 0) is 74.3 Å². The summed E-state index contributed by atoms with van der Waals surface area (Å²) in [5.74, 6) is -1.25. The predicted molar refractivity (Wildman–Crippen MR) is 155 cm³/mol. The Morgan fingerprint density at radius 2 is 1.68 bits per heavy atom. The van der Waals surface area contributed by atoms with Crippen LogP contribution in [0.2, 0.25) is 0 Å². The Kier molecular flexibility index (Phi) is 8.40. The Morgan fingerprint density at radius 1 is 0.951 bits per heavy atom. The van der Waals surface area contributed by atoms with E-state index in [1.807, 2.05) is 61.5 Å². The molecule has 3 aromatic rings. The SMILES string of the molecule is Cc1ccccc1CNC(=O)[C@H]1[C@@H]2CC[C@H](C2)N1C(=O)[C@@H](O)[C@H](Cc1ccccc1)NC(=O)c1cccc(O)c1C. The highest BCUT2D eigenvalue weighted by molar-refractivity contribution is 5.97. The average molecular weight is 556 g/mol. The number of fused-ring (bicyclic) bond motifs is 2. The molecule has 3 amide bonds. The van der Waals surface area contributed by atoms with Gasteiger partial charge in [0.05, 0.1) is 6.04 Å². The number of aliphatic hydroxyl groups is 1. The molecule has 0 spiro atoms. The lowest BCUT2D eigenvalue weighted by atomic mass is 9.95. The van der Waals surface area contributed by atoms with Crippen molar-refractivity contribution in [3.05, 3.63) is 101 Å². The number of rotatable bonds is 9. The van der Waals surface area contributed by atoms with Gasteiger partial charge in [-0.3, -0.25) is 14.4 Å². The summed E-state index contributed by atoms with van der Waals surface area (Å²) in [6.45, 7) is 3.99. The van der Waals surface area contributed by atoms with Crippen LogP contribution in [0.4, 0.5) is 0 Å². The zero-order chi connectivity index (χ0) is 29.1. The smallest absolute Gasteiger partial charge is 0.254 e. The third-order valence-corrected chi connectivity index (χ3v) is 8.62. The largest absolute Gasteiger partial charge is 0.508 e. The minimum atomic E-state index is -1.57. The summed E-state index contributed by atoms with van der Waals surface area (Å²) < 4.78 is 0. The average Bonchev–Trinajstić information content (AvgIpc) is 3.60. The van der Waals surface area contributed by atoms with Crippen LogP contribution in [0.25, 0.3) is 0 Å². The lowest BCUT2D eigenvalue weighted by Crippen LogP contribution is -2.59. The molecule has 2 bridgehead atoms. The molecule has 1 saturated carbocycles. The number of hydrogen-bond acceptors (Lipinski definition) is 5. The van der Waals surface area contributed by atoms with Gasteiger partial charge < -0.3 is 25.7 Å². The minimum Gasteiger partial charge on any atom is -0.508 e. The Hall–Kier alpha value is -4.17. The van der Waals surface area contributed by atoms with E-state index >= 15 is 0 Å². The van der Waals surface area contributed by atoms with Gasteiger partial charge in [0.15, 0.2) is 6.10 Å². The highest BCUT2D eigenvalue weighted by Crippen LogP contribution is 2.43. The Balaban J connectivity index is 1.36. The van der Waals surface area contributed by atoms with E-state index in [2.05, 4.69) is 10.6 Å². The molecule has 0 radical (unpaired) electrons. The van der Waals surface area contributed by atoms with Crippen LogP contribution in [0.3, 0.4) is 0 Å². The second-order valence-corrected chi connectivity index (χ2v) is 11.2. The number of aryl methyl sites for hydroxylation is 1. The van der Waals surface area contributed by atoms with E-state index in [1.54, 1.807) is 24.0 Å². The number of nitrogens with zero attached hydrogens (tertiary/aromatic N) is 1. The second-order valence-electron chi connectivity index (χ2n) is 11.2. The molecular weight excluding hydrogens is 518 g/mol. The molecule has 1 heterocycles. The van der Waals surface area contributed by atoms with Crippen LogP contribution in [0.5, 0.6) is 5.75 Å². The molecule has 5 rings (SSSR count). The van der Waals surface area contributed by atoms with Gasteiger partial charge in [-0.1, -0.05) is 60.7 Å². The summed E-state index contributed by atoms with van der Waals surface area (Å²) in [6, 6.07) is 20.1. The normalized spacial score (nSPS) is 20.9. The number of benzene rings is 3. The Morgan fingerprint density at radius 3 is 2.44 bits per heavy atom. The third-order valence-electron chi connectivity index (χ3n) is 8.62. The minimum absolute atomic E-state index is 0.0125. The van der Waals surface area contributed by atoms with Crippen molar-refractivity contribution >= 4 is 17.7 Å². The van der Waals surface area contributed by atoms with Crippen LogP contribution in [0.15, 0.2) is 72.8 Å². The van der Waals surface area contributed by atoms with Gasteiger partial charge in [-0.15, -0.1) is 0 Å². The summed E-state index contributed by atoms with van der Waals surface area (Å²) in [7, 11) is 0. The number of phenols is 1. The number of amides is 3. The van der Waals surface area contributed by atoms with E-state index in [-0.39, 0.29) is 35.6 Å². The molecule has 214 valence electrons. The molecule has 2 aliphatic rings. The summed E-state index contributed by atoms with van der Waals surface area (Å²) in [4.78, 5) is 42.3. The van der Waals surface area contributed by atoms with E-state index in [0.29, 0.717) is 12.1 Å². The van der Waals surface area contributed by atoms with Crippen LogP contribution < -0.4 is 10.6 Å². The van der Waals surface area contributed by atoms with Crippen molar-refractivity contribution in [2.45, 2.75) is 70.3 Å². The standard InChI is InChI=1S/C33H37N3O5/c1-20-9-6-7-12-24(20)19-34-32(40)29-23-15-16-25(18-23)36(29)33(41)30(38)27(17-22-10-4-3-5-11-22)35-31(39)26-13-8-14-28(37)21(26)2/h3-14,23,25,27,29-30,37-38H,15-19H2,1-2H3,(H,34,40)(H,35,39)/t23-,25-,27+,29-,30+/m1/s1. The fourth-order valence-electron chi connectivity index (χ4n) is 6.29. The van der Waals surface area contributed by atoms with Crippen molar-refractivity contribution in [1.29, 1.82) is 0 Å². The van der Waals surface area contributed by atoms with Gasteiger partial charge in [-0.2, -0.15) is 0 Å². The first-order valence-electron chi connectivity index (χ1n) is 14.2. The molecule has 1 saturated heterocycles. The van der Waals surface area contributed by atoms with E-state index in [0.717, 1.165) is 36.0 Å². The lowest BCUT2D eigenvalue weighted by molar-refractivity contribution is -0.150. The number of likely N-dealkylation sites (tertiary alicyclic amines) is 1. The van der Waals surface area contributed by atoms with Crippen molar-refractivity contribution in [3.63, 3.8) is 0 Å². The molecule has 8 nitrogen and oxygen atoms in total. The Labute approximate surface area is 240 Å². The Bertz CT molecular complexity index is 1430. The molecular formula is C33H37N3O5. The number of carbonyl (C=O) groups is 3. The molecule has 8 heteroatoms. The van der Waals surface area contributed by atoms with Gasteiger partial charge >= 0.3 is 0 Å². The number of piperidine rings is 1. The van der Waals surface area contributed by atoms with Crippen molar-refractivity contribution in [1.82, 2.24) is 15.5 Å². The zero-order valence-corrected chi connectivity index (χ0v) is 23.4. The lowest BCUT2D eigenvalue weighted by Gasteiger charge is -2.37. The molecule has 3 aromatic carbocycles. The fraction of sp³-hybridized carbons (Fsp3) is 0.364. The van der Waals surface area contributed by atoms with E-state index < -0.39 is 30.0 Å². The first-order chi connectivity index (χ1) is 19.7. The topological polar surface area (TPSA) is 119 Å². The predicted octanol–water partition coefficient (Wildman–Crippen LogP) is 3.41. The van der Waals surface area contributed by atoms with Gasteiger partial charge in [0.25, 0.3) is 11.8 Å². The maximum atomic E-state index is 14.0. The third kappa shape index (κ3) is 5.98. The van der Waals surface area contributed by atoms with Gasteiger partial charge in [-0.25, -0.2) is 0 Å². The monoisotopic (exact) mass is 555 g/mol. The van der Waals surface area contributed by atoms with Gasteiger partial charge in [0.2, 0.25) is 5.91 Å². The van der Waals surface area contributed by atoms with Crippen LogP contribution >= 0.6 is 0 Å². The van der Waals surface area contributed by atoms with E-state index in [4.69, 9.17) is 0 Å². The van der Waals surface area contributed by atoms with E-state index in [1.165, 1.54) is 6.07 Å². The summed E-state index contributed by atoms with van der Waals surface area (Å²) in [5.41, 5.74) is 3.59. The second kappa shape index (κ2) is 12.1. The highest BCUT2D eigenvalue weighted by atomic mass is 16.3. The molecule has 1 aliphatic carbocycles. The molecule has 1 aliphatic heterocycles. The maximum absolute atomic E-state index is 14.0. The number of hydrogen-bond donors (Lipinski definition) is 4. The van der Waals surface area contributed by atoms with Crippen molar-refractivity contribution in [3.8, 4) is 5.75 Å². The van der Waals surface area contributed by atoms with Crippen molar-refractivity contribution < 1.29 is 24.6 Å². The summed E-state index contributed by atoms with van der Waals surface area (Å²) in [5, 5.41) is 27.5. The first kappa shape index (κ1) is 28.4. The first-order valence-corrected chi connectivity index (χ1v) is 14.2. The quantitative estimate of drug-likeness (QED) is 0.323.